The van der Waals surface area contributed by atoms with Gasteiger partial charge < -0.3 is 23.8 Å². The fraction of sp³-hybridized carbons (Fsp3) is 0.660. The number of ether oxygens (including phenoxy) is 3. The molecule has 2 atom stereocenters. The molecule has 0 saturated heterocycles. The van der Waals surface area contributed by atoms with Gasteiger partial charge in [0, 0.05) is 19.3 Å². The van der Waals surface area contributed by atoms with Crippen LogP contribution in [0.25, 0.3) is 0 Å². The smallest absolute Gasteiger partial charge is 0.362 e. The van der Waals surface area contributed by atoms with Crippen LogP contribution in [0.4, 0.5) is 0 Å². The molecule has 1 N–H and O–H groups in total. The summed E-state index contributed by atoms with van der Waals surface area (Å²) in [5, 5.41) is 9.61. The van der Waals surface area contributed by atoms with E-state index in [0.29, 0.717) is 12.8 Å². The van der Waals surface area contributed by atoms with Gasteiger partial charge in [-0.1, -0.05) is 150 Å². The van der Waals surface area contributed by atoms with Crippen molar-refractivity contribution in [2.45, 2.75) is 174 Å². The Labute approximate surface area is 354 Å². The van der Waals surface area contributed by atoms with Crippen LogP contribution in [-0.2, 0) is 28.6 Å². The molecule has 58 heavy (non-hydrogen) atoms. The van der Waals surface area contributed by atoms with E-state index in [-0.39, 0.29) is 42.7 Å². The molecule has 0 rings (SSSR count). The summed E-state index contributed by atoms with van der Waals surface area (Å²) in [4.78, 5) is 36.9. The SMILES string of the molecule is CC/C=C/C/C=C/C/C=C/C/C=C/C/C=C/CCCCCCCCCC(=O)OCC(COCCC(C(=O)O)[N+](C)(C)C)OC(=O)CCCCC/C=C/C=C/CCCC. The maximum absolute atomic E-state index is 12.7. The molecular formula is C50H84NO7+. The third kappa shape index (κ3) is 38.1. The summed E-state index contributed by atoms with van der Waals surface area (Å²) in [6.45, 7) is 4.51. The third-order valence-corrected chi connectivity index (χ3v) is 9.56. The zero-order chi connectivity index (χ0) is 42.8. The first-order chi connectivity index (χ1) is 28.1. The highest BCUT2D eigenvalue weighted by Crippen LogP contribution is 2.13. The molecule has 8 heteroatoms. The number of rotatable bonds is 39. The molecule has 0 aromatic heterocycles. The van der Waals surface area contributed by atoms with Gasteiger partial charge in [0.1, 0.15) is 6.61 Å². The van der Waals surface area contributed by atoms with Gasteiger partial charge in [-0.2, -0.15) is 0 Å². The highest BCUT2D eigenvalue weighted by molar-refractivity contribution is 5.72. The van der Waals surface area contributed by atoms with Crippen molar-refractivity contribution in [3.05, 3.63) is 85.1 Å². The number of esters is 2. The molecule has 0 aliphatic rings. The Morgan fingerprint density at radius 1 is 0.552 bits per heavy atom. The Hall–Kier alpha value is -3.49. The molecule has 8 nitrogen and oxygen atoms in total. The van der Waals surface area contributed by atoms with Crippen LogP contribution in [0.1, 0.15) is 162 Å². The van der Waals surface area contributed by atoms with Crippen LogP contribution in [0.2, 0.25) is 0 Å². The first kappa shape index (κ1) is 54.5. The van der Waals surface area contributed by atoms with E-state index in [1.54, 1.807) is 0 Å². The van der Waals surface area contributed by atoms with E-state index in [0.717, 1.165) is 89.9 Å². The van der Waals surface area contributed by atoms with E-state index in [1.165, 1.54) is 38.5 Å². The molecule has 0 radical (unpaired) electrons. The number of likely N-dealkylation sites (N-methyl/N-ethyl adjacent to an activating group) is 1. The Morgan fingerprint density at radius 2 is 1.02 bits per heavy atom. The number of nitrogens with zero attached hydrogens (tertiary/aromatic N) is 1. The number of unbranched alkanes of at least 4 members (excludes halogenated alkanes) is 12. The number of hydrogen-bond donors (Lipinski definition) is 1. The van der Waals surface area contributed by atoms with Crippen molar-refractivity contribution in [2.24, 2.45) is 0 Å². The van der Waals surface area contributed by atoms with Crippen molar-refractivity contribution in [3.8, 4) is 0 Å². The molecule has 0 fully saturated rings. The van der Waals surface area contributed by atoms with E-state index in [4.69, 9.17) is 14.2 Å². The predicted molar refractivity (Wildman–Crippen MR) is 243 cm³/mol. The molecule has 0 amide bonds. The lowest BCUT2D eigenvalue weighted by Gasteiger charge is -2.31. The first-order valence-electron chi connectivity index (χ1n) is 22.6. The summed E-state index contributed by atoms with van der Waals surface area (Å²) in [6, 6.07) is -0.625. The van der Waals surface area contributed by atoms with Crippen molar-refractivity contribution >= 4 is 17.9 Å². The van der Waals surface area contributed by atoms with Crippen LogP contribution in [0, 0.1) is 0 Å². The van der Waals surface area contributed by atoms with Crippen LogP contribution in [0.5, 0.6) is 0 Å². The zero-order valence-electron chi connectivity index (χ0n) is 37.5. The monoisotopic (exact) mass is 811 g/mol. The van der Waals surface area contributed by atoms with Gasteiger partial charge in [0.25, 0.3) is 0 Å². The molecule has 0 spiro atoms. The molecule has 0 bridgehead atoms. The Balaban J connectivity index is 4.30. The van der Waals surface area contributed by atoms with Gasteiger partial charge in [0.15, 0.2) is 12.1 Å². The Kier molecular flexibility index (Phi) is 37.9. The lowest BCUT2D eigenvalue weighted by molar-refractivity contribution is -0.887. The van der Waals surface area contributed by atoms with Gasteiger partial charge in [-0.05, 0) is 77.0 Å². The average molecular weight is 811 g/mol. The van der Waals surface area contributed by atoms with Gasteiger partial charge in [0.2, 0.25) is 0 Å². The maximum Gasteiger partial charge on any atom is 0.362 e. The molecular weight excluding hydrogens is 727 g/mol. The van der Waals surface area contributed by atoms with E-state index < -0.39 is 18.1 Å². The van der Waals surface area contributed by atoms with Crippen molar-refractivity contribution in [3.63, 3.8) is 0 Å². The summed E-state index contributed by atoms with van der Waals surface area (Å²) in [5.41, 5.74) is 0. The largest absolute Gasteiger partial charge is 0.477 e. The van der Waals surface area contributed by atoms with Crippen LogP contribution in [0.3, 0.4) is 0 Å². The average Bonchev–Trinajstić information content (AvgIpc) is 3.18. The van der Waals surface area contributed by atoms with Crippen LogP contribution in [-0.4, -0.2) is 80.6 Å². The quantitative estimate of drug-likeness (QED) is 0.0217. The maximum atomic E-state index is 12.7. The molecule has 0 saturated carbocycles. The lowest BCUT2D eigenvalue weighted by Crippen LogP contribution is -2.50. The summed E-state index contributed by atoms with van der Waals surface area (Å²) in [6.07, 6.45) is 52.0. The van der Waals surface area contributed by atoms with E-state index in [9.17, 15) is 19.5 Å². The number of carbonyl (C=O) groups is 3. The minimum absolute atomic E-state index is 0.0418. The molecule has 0 aromatic rings. The fourth-order valence-corrected chi connectivity index (χ4v) is 6.03. The topological polar surface area (TPSA) is 99.1 Å². The van der Waals surface area contributed by atoms with Gasteiger partial charge in [-0.15, -0.1) is 0 Å². The van der Waals surface area contributed by atoms with Gasteiger partial charge in [0.05, 0.1) is 34.4 Å². The van der Waals surface area contributed by atoms with Gasteiger partial charge in [-0.3, -0.25) is 9.59 Å². The number of carboxylic acid groups (broad SMARTS) is 1. The second-order valence-corrected chi connectivity index (χ2v) is 15.9. The highest BCUT2D eigenvalue weighted by atomic mass is 16.6. The highest BCUT2D eigenvalue weighted by Gasteiger charge is 2.31. The lowest BCUT2D eigenvalue weighted by atomic mass is 10.1. The van der Waals surface area contributed by atoms with Crippen LogP contribution < -0.4 is 0 Å². The number of carboxylic acids is 1. The second kappa shape index (κ2) is 40.3. The number of quaternary nitrogens is 1. The summed E-state index contributed by atoms with van der Waals surface area (Å²) in [5.74, 6) is -1.53. The third-order valence-electron chi connectivity index (χ3n) is 9.56. The number of carbonyl (C=O) groups excluding carboxylic acids is 2. The molecule has 0 aromatic carbocycles. The first-order valence-corrected chi connectivity index (χ1v) is 22.6. The minimum atomic E-state index is -0.885. The van der Waals surface area contributed by atoms with Crippen molar-refractivity contribution < 1.29 is 38.2 Å². The normalized spacial score (nSPS) is 13.7. The second-order valence-electron chi connectivity index (χ2n) is 15.9. The zero-order valence-corrected chi connectivity index (χ0v) is 37.5. The Bertz CT molecular complexity index is 1220. The van der Waals surface area contributed by atoms with E-state index in [1.807, 2.05) is 21.1 Å². The van der Waals surface area contributed by atoms with Gasteiger partial charge in [-0.25, -0.2) is 4.79 Å². The molecule has 0 aliphatic carbocycles. The summed E-state index contributed by atoms with van der Waals surface area (Å²) < 4.78 is 17.2. The summed E-state index contributed by atoms with van der Waals surface area (Å²) >= 11 is 0. The standard InChI is InChI=1S/C50H83NO7/c1-6-8-10-12-14-16-18-19-20-21-22-23-24-25-26-27-28-29-31-32-34-36-38-40-48(52)57-45-46(44-56-43-42-47(50(54)55)51(3,4)5)58-49(53)41-39-37-35-33-30-17-15-13-11-9-7-2/h8,10,13-17,19-20,22-23,25-26,30,46-47H,6-7,9,11-12,18,21,24,27-29,31-45H2,1-5H3/p+1/b10-8+,15-13+,16-14+,20-19+,23-22+,26-25+,30-17+. The number of hydrogen-bond acceptors (Lipinski definition) is 6. The molecule has 0 heterocycles. The fourth-order valence-electron chi connectivity index (χ4n) is 6.03. The molecule has 0 aliphatic heterocycles. The van der Waals surface area contributed by atoms with Crippen molar-refractivity contribution in [1.29, 1.82) is 0 Å². The number of allylic oxidation sites excluding steroid dienone is 14. The van der Waals surface area contributed by atoms with Crippen molar-refractivity contribution in [2.75, 3.05) is 41.0 Å². The van der Waals surface area contributed by atoms with E-state index >= 15 is 0 Å². The summed E-state index contributed by atoms with van der Waals surface area (Å²) in [7, 11) is 5.50. The number of aliphatic carboxylic acids is 1. The van der Waals surface area contributed by atoms with E-state index in [2.05, 4.69) is 98.9 Å². The molecule has 330 valence electrons. The minimum Gasteiger partial charge on any atom is -0.477 e. The van der Waals surface area contributed by atoms with Crippen LogP contribution in [0.15, 0.2) is 85.1 Å². The molecule has 2 unspecified atom stereocenters. The van der Waals surface area contributed by atoms with Crippen molar-refractivity contribution in [1.82, 2.24) is 0 Å². The van der Waals surface area contributed by atoms with Gasteiger partial charge >= 0.3 is 17.9 Å². The van der Waals surface area contributed by atoms with Crippen LogP contribution >= 0.6 is 0 Å². The Morgan fingerprint density at radius 3 is 1.55 bits per heavy atom. The predicted octanol–water partition coefficient (Wildman–Crippen LogP) is 12.5.